The molecule has 0 rings (SSSR count). The predicted molar refractivity (Wildman–Crippen MR) is 48.7 cm³/mol. The van der Waals surface area contributed by atoms with Gasteiger partial charge in [0, 0.05) is 6.42 Å². The van der Waals surface area contributed by atoms with Gasteiger partial charge in [-0.15, -0.1) is 0 Å². The van der Waals surface area contributed by atoms with Crippen molar-refractivity contribution in [2.75, 3.05) is 13.7 Å². The first-order valence-corrected chi connectivity index (χ1v) is 4.51. The van der Waals surface area contributed by atoms with Gasteiger partial charge in [-0.1, -0.05) is 19.8 Å². The Hall–Kier alpha value is -0.570. The summed E-state index contributed by atoms with van der Waals surface area (Å²) in [5.74, 6) is 0.152. The second kappa shape index (κ2) is 7.10. The number of carbonyl (C=O) groups is 1. The molecular weight excluding hydrogens is 154 g/mol. The van der Waals surface area contributed by atoms with E-state index in [1.165, 1.54) is 7.11 Å². The average Bonchev–Trinajstić information content (AvgIpc) is 2.11. The normalized spacial score (nSPS) is 12.6. The number of hydrogen-bond acceptors (Lipinski definition) is 3. The van der Waals surface area contributed by atoms with Crippen molar-refractivity contribution in [3.05, 3.63) is 0 Å². The summed E-state index contributed by atoms with van der Waals surface area (Å²) in [6.07, 6.45) is 3.78. The predicted octanol–water partition coefficient (Wildman–Crippen LogP) is 1.31. The highest BCUT2D eigenvalue weighted by atomic mass is 16.5. The standard InChI is InChI=1S/C9H19NO2/c1-3-4-5-8(7-10)6-9(11)12-2/h8H,3-7,10H2,1-2H3. The molecule has 0 saturated heterocycles. The van der Waals surface area contributed by atoms with Crippen LogP contribution in [0.1, 0.15) is 32.6 Å². The first kappa shape index (κ1) is 11.4. The molecule has 0 radical (unpaired) electrons. The number of unbranched alkanes of at least 4 members (excludes halogenated alkanes) is 1. The van der Waals surface area contributed by atoms with Crippen LogP contribution >= 0.6 is 0 Å². The SMILES string of the molecule is CCCCC(CN)CC(=O)OC. The van der Waals surface area contributed by atoms with Crippen LogP contribution in [0, 0.1) is 5.92 Å². The molecule has 0 aromatic rings. The lowest BCUT2D eigenvalue weighted by molar-refractivity contribution is -0.141. The van der Waals surface area contributed by atoms with E-state index >= 15 is 0 Å². The Morgan fingerprint density at radius 3 is 2.67 bits per heavy atom. The smallest absolute Gasteiger partial charge is 0.305 e. The Labute approximate surface area is 74.3 Å². The lowest BCUT2D eigenvalue weighted by atomic mass is 9.99. The van der Waals surface area contributed by atoms with E-state index in [1.807, 2.05) is 0 Å². The first-order chi connectivity index (χ1) is 5.74. The Kier molecular flexibility index (Phi) is 6.76. The summed E-state index contributed by atoms with van der Waals surface area (Å²) in [4.78, 5) is 10.9. The van der Waals surface area contributed by atoms with E-state index in [0.717, 1.165) is 19.3 Å². The number of methoxy groups -OCH3 is 1. The molecular formula is C9H19NO2. The van der Waals surface area contributed by atoms with E-state index < -0.39 is 0 Å². The highest BCUT2D eigenvalue weighted by Gasteiger charge is 2.11. The van der Waals surface area contributed by atoms with Crippen molar-refractivity contribution >= 4 is 5.97 Å². The summed E-state index contributed by atoms with van der Waals surface area (Å²) in [5.41, 5.74) is 5.51. The van der Waals surface area contributed by atoms with Crippen LogP contribution in [0.4, 0.5) is 0 Å². The summed E-state index contributed by atoms with van der Waals surface area (Å²) in [5, 5.41) is 0. The number of hydrogen-bond donors (Lipinski definition) is 1. The van der Waals surface area contributed by atoms with Gasteiger partial charge in [-0.25, -0.2) is 0 Å². The molecule has 0 aliphatic rings. The average molecular weight is 173 g/mol. The quantitative estimate of drug-likeness (QED) is 0.616. The van der Waals surface area contributed by atoms with Crippen LogP contribution in [-0.2, 0) is 9.53 Å². The molecule has 0 aromatic carbocycles. The molecule has 72 valence electrons. The third-order valence-corrected chi connectivity index (χ3v) is 1.98. The van der Waals surface area contributed by atoms with Gasteiger partial charge in [-0.3, -0.25) is 4.79 Å². The van der Waals surface area contributed by atoms with Crippen LogP contribution in [-0.4, -0.2) is 19.6 Å². The second-order valence-electron chi connectivity index (χ2n) is 3.02. The molecule has 1 atom stereocenters. The van der Waals surface area contributed by atoms with E-state index in [0.29, 0.717) is 18.9 Å². The highest BCUT2D eigenvalue weighted by Crippen LogP contribution is 2.11. The van der Waals surface area contributed by atoms with Crippen LogP contribution in [0.5, 0.6) is 0 Å². The van der Waals surface area contributed by atoms with E-state index in [1.54, 1.807) is 0 Å². The van der Waals surface area contributed by atoms with Gasteiger partial charge in [0.25, 0.3) is 0 Å². The van der Waals surface area contributed by atoms with Crippen LogP contribution < -0.4 is 5.73 Å². The van der Waals surface area contributed by atoms with Gasteiger partial charge in [0.05, 0.1) is 7.11 Å². The summed E-state index contributed by atoms with van der Waals surface area (Å²) in [6.45, 7) is 2.71. The molecule has 0 spiro atoms. The number of ether oxygens (including phenoxy) is 1. The third kappa shape index (κ3) is 5.13. The van der Waals surface area contributed by atoms with Crippen LogP contribution in [0.25, 0.3) is 0 Å². The molecule has 3 nitrogen and oxygen atoms in total. The molecule has 0 heterocycles. The highest BCUT2D eigenvalue weighted by molar-refractivity contribution is 5.69. The minimum absolute atomic E-state index is 0.151. The molecule has 0 saturated carbocycles. The maximum Gasteiger partial charge on any atom is 0.305 e. The van der Waals surface area contributed by atoms with Crippen molar-refractivity contribution in [3.8, 4) is 0 Å². The molecule has 1 unspecified atom stereocenters. The van der Waals surface area contributed by atoms with E-state index in [-0.39, 0.29) is 5.97 Å². The fourth-order valence-electron chi connectivity index (χ4n) is 1.12. The molecule has 3 heteroatoms. The fraction of sp³-hybridized carbons (Fsp3) is 0.889. The van der Waals surface area contributed by atoms with Crippen LogP contribution in [0.15, 0.2) is 0 Å². The van der Waals surface area contributed by atoms with Crippen LogP contribution in [0.3, 0.4) is 0 Å². The molecule has 0 bridgehead atoms. The Morgan fingerprint density at radius 2 is 2.25 bits per heavy atom. The number of carbonyl (C=O) groups excluding carboxylic acids is 1. The third-order valence-electron chi connectivity index (χ3n) is 1.98. The Bertz CT molecular complexity index is 126. The van der Waals surface area contributed by atoms with Gasteiger partial charge >= 0.3 is 5.97 Å². The molecule has 0 aromatic heterocycles. The largest absolute Gasteiger partial charge is 0.469 e. The van der Waals surface area contributed by atoms with Gasteiger partial charge in [-0.2, -0.15) is 0 Å². The maximum atomic E-state index is 10.9. The summed E-state index contributed by atoms with van der Waals surface area (Å²) in [6, 6.07) is 0. The van der Waals surface area contributed by atoms with Crippen molar-refractivity contribution < 1.29 is 9.53 Å². The molecule has 0 amide bonds. The van der Waals surface area contributed by atoms with E-state index in [9.17, 15) is 4.79 Å². The van der Waals surface area contributed by atoms with E-state index in [2.05, 4.69) is 11.7 Å². The Balaban J connectivity index is 3.59. The maximum absolute atomic E-state index is 10.9. The monoisotopic (exact) mass is 173 g/mol. The second-order valence-corrected chi connectivity index (χ2v) is 3.02. The van der Waals surface area contributed by atoms with Gasteiger partial charge in [0.15, 0.2) is 0 Å². The zero-order chi connectivity index (χ0) is 9.40. The zero-order valence-electron chi connectivity index (χ0n) is 8.01. The number of nitrogens with two attached hydrogens (primary N) is 1. The first-order valence-electron chi connectivity index (χ1n) is 4.51. The van der Waals surface area contributed by atoms with E-state index in [4.69, 9.17) is 5.73 Å². The summed E-state index contributed by atoms with van der Waals surface area (Å²) < 4.78 is 4.57. The topological polar surface area (TPSA) is 52.3 Å². The number of rotatable bonds is 6. The number of esters is 1. The molecule has 0 fully saturated rings. The van der Waals surface area contributed by atoms with Crippen molar-refractivity contribution in [2.45, 2.75) is 32.6 Å². The minimum atomic E-state index is -0.151. The minimum Gasteiger partial charge on any atom is -0.469 e. The summed E-state index contributed by atoms with van der Waals surface area (Å²) in [7, 11) is 1.41. The fourth-order valence-corrected chi connectivity index (χ4v) is 1.12. The molecule has 0 aliphatic carbocycles. The molecule has 0 aliphatic heterocycles. The Morgan fingerprint density at radius 1 is 1.58 bits per heavy atom. The summed E-state index contributed by atoms with van der Waals surface area (Å²) >= 11 is 0. The van der Waals surface area contributed by atoms with Crippen molar-refractivity contribution in [2.24, 2.45) is 11.7 Å². The molecule has 12 heavy (non-hydrogen) atoms. The van der Waals surface area contributed by atoms with Crippen molar-refractivity contribution in [3.63, 3.8) is 0 Å². The van der Waals surface area contributed by atoms with Crippen molar-refractivity contribution in [1.29, 1.82) is 0 Å². The van der Waals surface area contributed by atoms with Crippen LogP contribution in [0.2, 0.25) is 0 Å². The molecule has 2 N–H and O–H groups in total. The lowest BCUT2D eigenvalue weighted by Crippen LogP contribution is -2.18. The van der Waals surface area contributed by atoms with Crippen molar-refractivity contribution in [1.82, 2.24) is 0 Å². The van der Waals surface area contributed by atoms with Gasteiger partial charge in [0.1, 0.15) is 0 Å². The zero-order valence-corrected chi connectivity index (χ0v) is 8.01. The van der Waals surface area contributed by atoms with Gasteiger partial charge in [-0.05, 0) is 18.9 Å². The van der Waals surface area contributed by atoms with Gasteiger partial charge < -0.3 is 10.5 Å². The lowest BCUT2D eigenvalue weighted by Gasteiger charge is -2.11. The van der Waals surface area contributed by atoms with Gasteiger partial charge in [0.2, 0.25) is 0 Å².